The first kappa shape index (κ1) is 114. The summed E-state index contributed by atoms with van der Waals surface area (Å²) in [5.74, 6) is 1.80. The Morgan fingerprint density at radius 2 is 0.479 bits per heavy atom. The van der Waals surface area contributed by atoms with Gasteiger partial charge in [-0.25, -0.2) is 0 Å². The van der Waals surface area contributed by atoms with Crippen molar-refractivity contribution in [1.82, 2.24) is 31.9 Å². The molecule has 6 aromatic rings. The second-order valence-electron chi connectivity index (χ2n) is 35.0. The van der Waals surface area contributed by atoms with E-state index in [2.05, 4.69) is 312 Å². The van der Waals surface area contributed by atoms with Crippen LogP contribution in [0.5, 0.6) is 0 Å². The normalized spacial score (nSPS) is 13.0. The number of aryl methyl sites for hydroxylation is 3. The van der Waals surface area contributed by atoms with Gasteiger partial charge < -0.3 is 37.6 Å². The number of carbonyl (C=O) groups excluding carboxylic acids is 6. The highest BCUT2D eigenvalue weighted by molar-refractivity contribution is 9.13. The summed E-state index contributed by atoms with van der Waals surface area (Å²) in [5.41, 5.74) is 20.4. The van der Waals surface area contributed by atoms with E-state index in [0.29, 0.717) is 59.2 Å². The Morgan fingerprint density at radius 1 is 0.269 bits per heavy atom. The zero-order valence-corrected chi connectivity index (χ0v) is 90.6. The molecule has 13 nitrogen and oxygen atoms in total. The molecule has 0 aliphatic rings. The lowest BCUT2D eigenvalue weighted by atomic mass is 9.94. The Balaban J connectivity index is 0.000000714. The first-order valence-electron chi connectivity index (χ1n) is 41.8. The van der Waals surface area contributed by atoms with Gasteiger partial charge >= 0.3 is 0 Å². The van der Waals surface area contributed by atoms with E-state index < -0.39 is 0 Å². The minimum absolute atomic E-state index is 0.00245. The molecule has 0 amide bonds. The molecule has 6 rings (SSSR count). The molecule has 666 valence electrons. The van der Waals surface area contributed by atoms with E-state index in [1.165, 1.54) is 38.9 Å². The van der Waals surface area contributed by atoms with Crippen LogP contribution >= 0.6 is 151 Å². The van der Waals surface area contributed by atoms with Gasteiger partial charge in [-0.15, -0.1) is 0 Å². The molecule has 6 aromatic carbocycles. The van der Waals surface area contributed by atoms with Gasteiger partial charge in [-0.1, -0.05) is 277 Å². The molecule has 0 aromatic heterocycles. The Labute approximate surface area is 795 Å². The molecular weight excluding hydrogens is 2060 g/mol. The molecule has 0 heterocycles. The maximum Gasteiger partial charge on any atom is 0.152 e. The van der Waals surface area contributed by atoms with Crippen molar-refractivity contribution in [2.24, 2.45) is 35.5 Å². The van der Waals surface area contributed by atoms with Crippen LogP contribution in [0.15, 0.2) is 115 Å². The van der Waals surface area contributed by atoms with E-state index >= 15 is 0 Å². The Bertz CT molecular complexity index is 3600. The number of nitrogens with one attached hydrogen (secondary N) is 6. The SMILES string of the molecule is CC(C)NC(Cc1ccc(Br)c(Br)c1)C(=O)C(C)C.CC(C)N[C@H](Cc1cc(Br)c(N)c(Br)c1)C(=O)C(C)C.Cc1c(Br)cc(CC(NC(C)C)C(=O)C(C)C)cc1Br.Cc1c(Cl)cc(CC(NC(C)C)C(=O)C(C)C)cc1Cl.Cc1cc(CC(NC(C)C)C(=O)C(C)C)cc(Br)c1C.Cc1cc(CC(NC(C)C)C(=O)C(C)C)cc(C)c1Br. The number of hydrogen-bond acceptors (Lipinski definition) is 13. The van der Waals surface area contributed by atoms with Crippen LogP contribution in [-0.2, 0) is 67.3 Å². The van der Waals surface area contributed by atoms with E-state index in [-0.39, 0.29) is 119 Å². The maximum absolute atomic E-state index is 12.3. The van der Waals surface area contributed by atoms with Crippen LogP contribution < -0.4 is 37.6 Å². The monoisotopic (exact) mass is 2190 g/mol. The highest BCUT2D eigenvalue weighted by Gasteiger charge is 2.29. The summed E-state index contributed by atoms with van der Waals surface area (Å²) in [7, 11) is 0. The molecule has 0 radical (unpaired) electrons. The van der Waals surface area contributed by atoms with Gasteiger partial charge in [0.05, 0.1) is 41.9 Å². The van der Waals surface area contributed by atoms with Crippen LogP contribution in [0.25, 0.3) is 0 Å². The number of hydrogen-bond donors (Lipinski definition) is 7. The molecule has 5 unspecified atom stereocenters. The summed E-state index contributed by atoms with van der Waals surface area (Å²) < 4.78 is 8.16. The molecule has 0 aliphatic heterocycles. The van der Waals surface area contributed by atoms with E-state index in [9.17, 15) is 28.8 Å². The first-order chi connectivity index (χ1) is 54.9. The number of ketones is 6. The van der Waals surface area contributed by atoms with E-state index in [1.807, 2.05) is 134 Å². The lowest BCUT2D eigenvalue weighted by Gasteiger charge is -2.22. The summed E-state index contributed by atoms with van der Waals surface area (Å²) in [6.07, 6.45) is 4.20. The largest absolute Gasteiger partial charge is 0.397 e. The van der Waals surface area contributed by atoms with E-state index in [1.54, 1.807) is 0 Å². The van der Waals surface area contributed by atoms with Gasteiger partial charge in [0.25, 0.3) is 0 Å². The van der Waals surface area contributed by atoms with Crippen molar-refractivity contribution in [2.75, 3.05) is 5.73 Å². The van der Waals surface area contributed by atoms with Gasteiger partial charge in [-0.3, -0.25) is 28.8 Å². The predicted octanol–water partition coefficient (Wildman–Crippen LogP) is 25.8. The third kappa shape index (κ3) is 42.7. The Kier molecular flexibility index (Phi) is 54.3. The highest BCUT2D eigenvalue weighted by Crippen LogP contribution is 2.33. The third-order valence-corrected chi connectivity index (χ3v) is 27.0. The van der Waals surface area contributed by atoms with Gasteiger partial charge in [-0.2, -0.15) is 0 Å². The first-order valence-corrected chi connectivity index (χ1v) is 48.9. The number of carbonyl (C=O) groups is 6. The van der Waals surface area contributed by atoms with Crippen molar-refractivity contribution < 1.29 is 28.8 Å². The van der Waals surface area contributed by atoms with Gasteiger partial charge in [0.15, 0.2) is 34.7 Å². The molecule has 0 bridgehead atoms. The molecular formula is C96H141Br8Cl2N7O6. The summed E-state index contributed by atoms with van der Waals surface area (Å²) in [6.45, 7) is 60.5. The minimum Gasteiger partial charge on any atom is -0.397 e. The van der Waals surface area contributed by atoms with Crippen molar-refractivity contribution in [2.45, 2.75) is 319 Å². The van der Waals surface area contributed by atoms with Crippen LogP contribution in [0.4, 0.5) is 5.69 Å². The molecule has 0 saturated heterocycles. The number of halogens is 10. The Hall–Kier alpha value is -2.68. The second-order valence-corrected chi connectivity index (χ2v) is 42.6. The number of Topliss-reactive ketones (excluding diaryl/α,β-unsaturated/α-hetero) is 6. The molecule has 8 N–H and O–H groups in total. The van der Waals surface area contributed by atoms with E-state index in [4.69, 9.17) is 28.9 Å². The molecule has 23 heteroatoms. The number of nitrogens with two attached hydrogens (primary N) is 1. The second kappa shape index (κ2) is 56.5. The average Bonchev–Trinajstić information content (AvgIpc) is 0.855. The fourth-order valence-corrected chi connectivity index (χ4v) is 17.5. The number of nitrogen functional groups attached to an aromatic ring is 1. The lowest BCUT2D eigenvalue weighted by molar-refractivity contribution is -0.124. The van der Waals surface area contributed by atoms with Gasteiger partial charge in [0, 0.05) is 118 Å². The van der Waals surface area contributed by atoms with Crippen LogP contribution in [0, 0.1) is 77.0 Å². The molecule has 6 atom stereocenters. The molecule has 0 spiro atoms. The van der Waals surface area contributed by atoms with E-state index in [0.717, 1.165) is 82.9 Å². The predicted molar refractivity (Wildman–Crippen MR) is 537 cm³/mol. The highest BCUT2D eigenvalue weighted by atomic mass is 79.9. The van der Waals surface area contributed by atoms with Crippen molar-refractivity contribution in [3.8, 4) is 0 Å². The van der Waals surface area contributed by atoms with Crippen molar-refractivity contribution >= 4 is 191 Å². The molecule has 0 saturated carbocycles. The third-order valence-electron chi connectivity index (χ3n) is 19.3. The van der Waals surface area contributed by atoms with Crippen molar-refractivity contribution in [3.05, 3.63) is 191 Å². The quantitative estimate of drug-likeness (QED) is 0.0183. The molecule has 0 aliphatic carbocycles. The average molecular weight is 2200 g/mol. The van der Waals surface area contributed by atoms with Crippen molar-refractivity contribution in [1.29, 1.82) is 0 Å². The summed E-state index contributed by atoms with van der Waals surface area (Å²) in [5, 5.41) is 21.5. The lowest BCUT2D eigenvalue weighted by Crippen LogP contribution is -2.44. The van der Waals surface area contributed by atoms with Crippen LogP contribution in [0.1, 0.15) is 233 Å². The zero-order chi connectivity index (χ0) is 91.8. The van der Waals surface area contributed by atoms with Crippen LogP contribution in [0.2, 0.25) is 10.0 Å². The summed E-state index contributed by atoms with van der Waals surface area (Å²) >= 11 is 40.5. The fraction of sp³-hybridized carbons (Fsp3) is 0.562. The number of benzene rings is 6. The van der Waals surface area contributed by atoms with Gasteiger partial charge in [0.1, 0.15) is 0 Å². The molecule has 0 fully saturated rings. The summed E-state index contributed by atoms with van der Waals surface area (Å²) in [4.78, 5) is 73.9. The van der Waals surface area contributed by atoms with Crippen LogP contribution in [-0.4, -0.2) is 107 Å². The fourth-order valence-electron chi connectivity index (χ4n) is 12.9. The van der Waals surface area contributed by atoms with Gasteiger partial charge in [-0.05, 0) is 265 Å². The summed E-state index contributed by atoms with van der Waals surface area (Å²) in [6, 6.07) is 27.6. The number of anilines is 1. The topological polar surface area (TPSA) is 201 Å². The van der Waals surface area contributed by atoms with Crippen molar-refractivity contribution in [3.63, 3.8) is 0 Å². The standard InChI is InChI=1S/2C17H26BrNO.C16H23Br2NO.C16H23Cl2NO.C15H22Br2N2O.C15H21Br2NO/c1-10(2)17(20)16(19-11(3)4)9-14-7-12(5)13(6)15(18)8-14;1-10(2)17(20)15(19-11(3)4)9-14-7-12(5)16(18)13(6)8-14;2*1-9(2)16(20)15(19-10(3)4)8-12-6-13(17)11(5)14(18)7-12;1-8(2)15(20)13(19-9(3)4)7-10-5-11(16)14(18)12(17)6-10;1-9(2)15(19)14(18-10(3)4)8-11-5-6-12(16)13(17)7-11/h7-8,10-11,16,19H,9H2,1-6H3;7-8,10-11,15,19H,9H2,1-6H3;2*6-7,9-10,15,19H,8H2,1-5H3;5-6,8-9,13,19H,7,18H2,1-4H3;5-7,9-10,14,18H,8H2,1-4H3/t;;;;13-;/m....1./s1. The number of rotatable bonds is 36. The minimum atomic E-state index is -0.204. The molecule has 119 heavy (non-hydrogen) atoms. The maximum atomic E-state index is 12.3. The van der Waals surface area contributed by atoms with Crippen LogP contribution in [0.3, 0.4) is 0 Å². The smallest absolute Gasteiger partial charge is 0.152 e. The zero-order valence-electron chi connectivity index (χ0n) is 76.4. The van der Waals surface area contributed by atoms with Gasteiger partial charge in [0.2, 0.25) is 0 Å². The Morgan fingerprint density at radius 3 is 0.723 bits per heavy atom.